The van der Waals surface area contributed by atoms with Crippen molar-refractivity contribution in [3.8, 4) is 16.9 Å². The Hall–Kier alpha value is -3.84. The van der Waals surface area contributed by atoms with Crippen LogP contribution < -0.4 is 10.5 Å². The fourth-order valence-corrected chi connectivity index (χ4v) is 5.20. The third-order valence-electron chi connectivity index (χ3n) is 7.37. The molecule has 0 spiro atoms. The molecule has 218 valence electrons. The van der Waals surface area contributed by atoms with E-state index in [1.165, 1.54) is 12.7 Å². The average molecular weight is 578 g/mol. The van der Waals surface area contributed by atoms with Gasteiger partial charge in [-0.25, -0.2) is 0 Å². The van der Waals surface area contributed by atoms with Crippen molar-refractivity contribution in [2.45, 2.75) is 52.1 Å². The Morgan fingerprint density at radius 2 is 1.63 bits per heavy atom. The van der Waals surface area contributed by atoms with Crippen LogP contribution in [0, 0.1) is 5.41 Å². The van der Waals surface area contributed by atoms with Crippen LogP contribution in [0.3, 0.4) is 0 Å². The molecule has 2 atom stereocenters. The molecule has 0 saturated carbocycles. The molecular formula is C33H40ClN3O4. The number of nitrogens with zero attached hydrogens (tertiary/aromatic N) is 2. The van der Waals surface area contributed by atoms with Crippen LogP contribution in [0.4, 0.5) is 0 Å². The van der Waals surface area contributed by atoms with Crippen molar-refractivity contribution in [3.63, 3.8) is 0 Å². The van der Waals surface area contributed by atoms with E-state index in [1.807, 2.05) is 80.6 Å². The number of benzene rings is 3. The number of methoxy groups -OCH3 is 1. The zero-order valence-electron chi connectivity index (χ0n) is 24.2. The highest BCUT2D eigenvalue weighted by molar-refractivity contribution is 6.04. The number of ether oxygens (including phenoxy) is 2. The van der Waals surface area contributed by atoms with Gasteiger partial charge < -0.3 is 20.1 Å². The van der Waals surface area contributed by atoms with Crippen LogP contribution in [-0.4, -0.2) is 55.0 Å². The van der Waals surface area contributed by atoms with Crippen molar-refractivity contribution in [3.05, 3.63) is 90.0 Å². The van der Waals surface area contributed by atoms with Gasteiger partial charge in [0.05, 0.1) is 13.2 Å². The SMILES string of the molecule is COC(=O)[C@@]1(C)C[C@@H](COc2ccc(-c3ccc(C(N)=NC(C)C)cc3)cc2)N(CCCc2ccccc2)C1=O.Cl. The van der Waals surface area contributed by atoms with Crippen LogP contribution in [0.15, 0.2) is 83.9 Å². The topological polar surface area (TPSA) is 94.2 Å². The van der Waals surface area contributed by atoms with E-state index in [0.717, 1.165) is 29.5 Å². The molecule has 8 heteroatoms. The highest BCUT2D eigenvalue weighted by atomic mass is 35.5. The van der Waals surface area contributed by atoms with Gasteiger partial charge in [0.1, 0.15) is 23.6 Å². The Morgan fingerprint density at radius 3 is 2.22 bits per heavy atom. The van der Waals surface area contributed by atoms with E-state index in [0.29, 0.717) is 31.2 Å². The number of rotatable bonds is 11. The zero-order chi connectivity index (χ0) is 28.7. The summed E-state index contributed by atoms with van der Waals surface area (Å²) in [6.45, 7) is 6.52. The number of likely N-dealkylation sites (tertiary alicyclic amines) is 1. The number of amides is 1. The van der Waals surface area contributed by atoms with Gasteiger partial charge in [-0.1, -0.05) is 66.7 Å². The number of hydrogen-bond donors (Lipinski definition) is 1. The number of esters is 1. The predicted octanol–water partition coefficient (Wildman–Crippen LogP) is 5.68. The quantitative estimate of drug-likeness (QED) is 0.137. The van der Waals surface area contributed by atoms with Crippen molar-refractivity contribution < 1.29 is 19.1 Å². The Morgan fingerprint density at radius 1 is 1.02 bits per heavy atom. The van der Waals surface area contributed by atoms with E-state index in [9.17, 15) is 9.59 Å². The molecule has 7 nitrogen and oxygen atoms in total. The lowest BCUT2D eigenvalue weighted by atomic mass is 9.87. The predicted molar refractivity (Wildman–Crippen MR) is 165 cm³/mol. The third-order valence-corrected chi connectivity index (χ3v) is 7.37. The molecule has 1 amide bonds. The standard InChI is InChI=1S/C33H39N3O4.ClH/c1-23(2)35-30(34)27-14-12-25(13-15-27)26-16-18-29(19-17-26)40-22-28-21-33(3,32(38)39-4)31(37)36(28)20-8-11-24-9-6-5-7-10-24;/h5-7,9-10,12-19,23,28H,8,11,20-22H2,1-4H3,(H2,34,35);1H/t28-,33-;/m0./s1. The Bertz CT molecular complexity index is 1330. The second-order valence-electron chi connectivity index (χ2n) is 10.8. The normalized spacial score (nSPS) is 18.8. The first-order valence-corrected chi connectivity index (χ1v) is 13.8. The van der Waals surface area contributed by atoms with Crippen LogP contribution in [-0.2, 0) is 20.7 Å². The number of aryl methyl sites for hydroxylation is 1. The minimum absolute atomic E-state index is 0. The molecule has 0 radical (unpaired) electrons. The fraction of sp³-hybridized carbons (Fsp3) is 0.364. The number of hydrogen-bond acceptors (Lipinski definition) is 5. The van der Waals surface area contributed by atoms with Gasteiger partial charge in [-0.15, -0.1) is 12.4 Å². The van der Waals surface area contributed by atoms with Gasteiger partial charge in [0.2, 0.25) is 5.91 Å². The van der Waals surface area contributed by atoms with E-state index in [4.69, 9.17) is 15.2 Å². The summed E-state index contributed by atoms with van der Waals surface area (Å²) < 4.78 is 11.1. The van der Waals surface area contributed by atoms with Gasteiger partial charge in [0.15, 0.2) is 0 Å². The van der Waals surface area contributed by atoms with Gasteiger partial charge in [-0.3, -0.25) is 14.6 Å². The number of nitrogens with two attached hydrogens (primary N) is 1. The molecular weight excluding hydrogens is 538 g/mol. The van der Waals surface area contributed by atoms with E-state index in [2.05, 4.69) is 17.1 Å². The van der Waals surface area contributed by atoms with Crippen molar-refractivity contribution in [1.82, 2.24) is 4.90 Å². The molecule has 0 aliphatic carbocycles. The van der Waals surface area contributed by atoms with Gasteiger partial charge in [0, 0.05) is 18.2 Å². The number of carbonyl (C=O) groups is 2. The molecule has 2 N–H and O–H groups in total. The molecule has 41 heavy (non-hydrogen) atoms. The maximum atomic E-state index is 13.4. The molecule has 4 rings (SSSR count). The molecule has 3 aromatic rings. The first-order chi connectivity index (χ1) is 19.2. The molecule has 1 heterocycles. The fourth-order valence-electron chi connectivity index (χ4n) is 5.20. The Labute approximate surface area is 249 Å². The summed E-state index contributed by atoms with van der Waals surface area (Å²) in [4.78, 5) is 32.1. The minimum atomic E-state index is -1.20. The van der Waals surface area contributed by atoms with Gasteiger partial charge >= 0.3 is 5.97 Å². The summed E-state index contributed by atoms with van der Waals surface area (Å²) in [5.41, 5.74) is 9.12. The minimum Gasteiger partial charge on any atom is -0.491 e. The summed E-state index contributed by atoms with van der Waals surface area (Å²) in [6, 6.07) is 26.0. The summed E-state index contributed by atoms with van der Waals surface area (Å²) in [6.07, 6.45) is 2.01. The summed E-state index contributed by atoms with van der Waals surface area (Å²) in [5.74, 6) is 0.546. The number of amidine groups is 1. The second-order valence-corrected chi connectivity index (χ2v) is 10.8. The Kier molecular flexibility index (Phi) is 11.0. The molecule has 1 fully saturated rings. The lowest BCUT2D eigenvalue weighted by Crippen LogP contribution is -2.41. The summed E-state index contributed by atoms with van der Waals surface area (Å²) >= 11 is 0. The smallest absolute Gasteiger partial charge is 0.321 e. The molecule has 0 bridgehead atoms. The van der Waals surface area contributed by atoms with Crippen LogP contribution in [0.5, 0.6) is 5.75 Å². The van der Waals surface area contributed by atoms with Gasteiger partial charge in [-0.05, 0) is 68.9 Å². The number of halogens is 1. The third kappa shape index (κ3) is 7.67. The lowest BCUT2D eigenvalue weighted by Gasteiger charge is -2.25. The molecule has 0 unspecified atom stereocenters. The van der Waals surface area contributed by atoms with E-state index < -0.39 is 11.4 Å². The molecule has 1 aliphatic heterocycles. The second kappa shape index (κ2) is 14.2. The maximum Gasteiger partial charge on any atom is 0.321 e. The van der Waals surface area contributed by atoms with Crippen molar-refractivity contribution >= 4 is 30.1 Å². The lowest BCUT2D eigenvalue weighted by molar-refractivity contribution is -0.157. The summed E-state index contributed by atoms with van der Waals surface area (Å²) in [5, 5.41) is 0. The van der Waals surface area contributed by atoms with Crippen LogP contribution in [0.25, 0.3) is 11.1 Å². The average Bonchev–Trinajstić information content (AvgIpc) is 3.21. The van der Waals surface area contributed by atoms with Crippen molar-refractivity contribution in [1.29, 1.82) is 0 Å². The van der Waals surface area contributed by atoms with E-state index in [1.54, 1.807) is 11.8 Å². The first kappa shape index (κ1) is 31.7. The highest BCUT2D eigenvalue weighted by Gasteiger charge is 2.54. The molecule has 1 aliphatic rings. The maximum absolute atomic E-state index is 13.4. The van der Waals surface area contributed by atoms with Crippen LogP contribution >= 0.6 is 12.4 Å². The number of carbonyl (C=O) groups excluding carboxylic acids is 2. The largest absolute Gasteiger partial charge is 0.491 e. The zero-order valence-corrected chi connectivity index (χ0v) is 25.0. The van der Waals surface area contributed by atoms with Crippen LogP contribution in [0.2, 0.25) is 0 Å². The van der Waals surface area contributed by atoms with E-state index in [-0.39, 0.29) is 30.4 Å². The first-order valence-electron chi connectivity index (χ1n) is 13.8. The van der Waals surface area contributed by atoms with Gasteiger partial charge in [0.25, 0.3) is 0 Å². The highest BCUT2D eigenvalue weighted by Crippen LogP contribution is 2.37. The van der Waals surface area contributed by atoms with E-state index >= 15 is 0 Å². The molecule has 3 aromatic carbocycles. The number of aliphatic imine (C=N–C) groups is 1. The van der Waals surface area contributed by atoms with Crippen molar-refractivity contribution in [2.24, 2.45) is 16.1 Å². The monoisotopic (exact) mass is 577 g/mol. The Balaban J connectivity index is 0.00000462. The van der Waals surface area contributed by atoms with Crippen LogP contribution in [0.1, 0.15) is 44.7 Å². The molecule has 0 aromatic heterocycles. The molecule has 1 saturated heterocycles. The van der Waals surface area contributed by atoms with Crippen molar-refractivity contribution in [2.75, 3.05) is 20.3 Å². The summed E-state index contributed by atoms with van der Waals surface area (Å²) in [7, 11) is 1.33. The van der Waals surface area contributed by atoms with Gasteiger partial charge in [-0.2, -0.15) is 0 Å².